The molecular weight excluding hydrogens is 242 g/mol. The minimum absolute atomic E-state index is 0.123. The van der Waals surface area contributed by atoms with Crippen LogP contribution < -0.4 is 9.47 Å². The Morgan fingerprint density at radius 3 is 2.56 bits per heavy atom. The SMILES string of the molecule is COC(=O)C(C)Oc1ccc(OC)c([N+](=O)[O-])c1. The van der Waals surface area contributed by atoms with Crippen LogP contribution in [0, 0.1) is 10.1 Å². The number of ether oxygens (including phenoxy) is 3. The zero-order valence-corrected chi connectivity index (χ0v) is 10.2. The molecule has 0 aliphatic rings. The number of rotatable bonds is 5. The van der Waals surface area contributed by atoms with Crippen molar-refractivity contribution in [1.29, 1.82) is 0 Å². The molecule has 0 saturated carbocycles. The van der Waals surface area contributed by atoms with E-state index in [4.69, 9.17) is 9.47 Å². The average Bonchev–Trinajstić information content (AvgIpc) is 2.37. The second-order valence-electron chi connectivity index (χ2n) is 3.37. The van der Waals surface area contributed by atoms with Gasteiger partial charge in [-0.05, 0) is 19.1 Å². The normalized spacial score (nSPS) is 11.5. The molecule has 0 spiro atoms. The molecule has 0 radical (unpaired) electrons. The zero-order valence-electron chi connectivity index (χ0n) is 10.2. The van der Waals surface area contributed by atoms with Gasteiger partial charge in [-0.2, -0.15) is 0 Å². The Hall–Kier alpha value is -2.31. The van der Waals surface area contributed by atoms with Gasteiger partial charge >= 0.3 is 11.7 Å². The van der Waals surface area contributed by atoms with Gasteiger partial charge < -0.3 is 14.2 Å². The Kier molecular flexibility index (Phi) is 4.47. The molecule has 1 aromatic carbocycles. The first-order valence-electron chi connectivity index (χ1n) is 5.06. The van der Waals surface area contributed by atoms with E-state index in [2.05, 4.69) is 4.74 Å². The lowest BCUT2D eigenvalue weighted by Gasteiger charge is -2.12. The molecule has 0 saturated heterocycles. The number of nitro benzene ring substituents is 1. The number of nitro groups is 1. The second kappa shape index (κ2) is 5.85. The third kappa shape index (κ3) is 3.09. The van der Waals surface area contributed by atoms with Crippen molar-refractivity contribution in [2.24, 2.45) is 0 Å². The predicted octanol–water partition coefficient (Wildman–Crippen LogP) is 1.54. The molecule has 18 heavy (non-hydrogen) atoms. The molecule has 1 atom stereocenters. The van der Waals surface area contributed by atoms with Crippen LogP contribution in [0.2, 0.25) is 0 Å². The zero-order chi connectivity index (χ0) is 13.7. The van der Waals surface area contributed by atoms with Gasteiger partial charge in [0.1, 0.15) is 5.75 Å². The van der Waals surface area contributed by atoms with Crippen molar-refractivity contribution in [1.82, 2.24) is 0 Å². The number of benzene rings is 1. The van der Waals surface area contributed by atoms with Gasteiger partial charge in [-0.1, -0.05) is 0 Å². The summed E-state index contributed by atoms with van der Waals surface area (Å²) in [5, 5.41) is 10.8. The summed E-state index contributed by atoms with van der Waals surface area (Å²) in [5.41, 5.74) is -0.230. The highest BCUT2D eigenvalue weighted by atomic mass is 16.6. The lowest BCUT2D eigenvalue weighted by molar-refractivity contribution is -0.385. The maximum absolute atomic E-state index is 11.2. The molecule has 7 heteroatoms. The summed E-state index contributed by atoms with van der Waals surface area (Å²) in [6, 6.07) is 4.07. The number of hydrogen-bond donors (Lipinski definition) is 0. The van der Waals surface area contributed by atoms with Gasteiger partial charge in [0.25, 0.3) is 0 Å². The van der Waals surface area contributed by atoms with Crippen LogP contribution >= 0.6 is 0 Å². The summed E-state index contributed by atoms with van der Waals surface area (Å²) in [5.74, 6) is -0.244. The van der Waals surface area contributed by atoms with Gasteiger partial charge in [0, 0.05) is 0 Å². The van der Waals surface area contributed by atoms with Crippen molar-refractivity contribution >= 4 is 11.7 Å². The topological polar surface area (TPSA) is 87.9 Å². The molecular formula is C11H13NO6. The van der Waals surface area contributed by atoms with Crippen LogP contribution in [0.1, 0.15) is 6.92 Å². The summed E-state index contributed by atoms with van der Waals surface area (Å²) >= 11 is 0. The maximum atomic E-state index is 11.2. The highest BCUT2D eigenvalue weighted by Crippen LogP contribution is 2.31. The van der Waals surface area contributed by atoms with Gasteiger partial charge in [-0.3, -0.25) is 10.1 Å². The molecule has 0 amide bonds. The van der Waals surface area contributed by atoms with E-state index in [9.17, 15) is 14.9 Å². The van der Waals surface area contributed by atoms with Crippen LogP contribution in [0.5, 0.6) is 11.5 Å². The van der Waals surface area contributed by atoms with Gasteiger partial charge in [-0.25, -0.2) is 4.79 Å². The Morgan fingerprint density at radius 1 is 1.39 bits per heavy atom. The first-order valence-corrected chi connectivity index (χ1v) is 5.06. The summed E-state index contributed by atoms with van der Waals surface area (Å²) in [4.78, 5) is 21.4. The summed E-state index contributed by atoms with van der Waals surface area (Å²) < 4.78 is 14.6. The molecule has 1 aromatic rings. The van der Waals surface area contributed by atoms with E-state index in [0.717, 1.165) is 0 Å². The molecule has 1 unspecified atom stereocenters. The Morgan fingerprint density at radius 2 is 2.06 bits per heavy atom. The molecule has 0 N–H and O–H groups in total. The fourth-order valence-corrected chi connectivity index (χ4v) is 1.30. The van der Waals surface area contributed by atoms with Crippen molar-refractivity contribution in [3.8, 4) is 11.5 Å². The van der Waals surface area contributed by atoms with E-state index in [0.29, 0.717) is 0 Å². The smallest absolute Gasteiger partial charge is 0.346 e. The number of esters is 1. The fourth-order valence-electron chi connectivity index (χ4n) is 1.30. The van der Waals surface area contributed by atoms with E-state index in [1.807, 2.05) is 0 Å². The number of carbonyl (C=O) groups excluding carboxylic acids is 1. The molecule has 0 aliphatic carbocycles. The van der Waals surface area contributed by atoms with Gasteiger partial charge in [0.05, 0.1) is 25.2 Å². The van der Waals surface area contributed by atoms with Crippen LogP contribution in [0.15, 0.2) is 18.2 Å². The quantitative estimate of drug-likeness (QED) is 0.450. The van der Waals surface area contributed by atoms with Crippen molar-refractivity contribution in [2.45, 2.75) is 13.0 Å². The minimum Gasteiger partial charge on any atom is -0.490 e. The first kappa shape index (κ1) is 13.8. The number of methoxy groups -OCH3 is 2. The Bertz CT molecular complexity index is 459. The first-order chi connectivity index (χ1) is 8.49. The van der Waals surface area contributed by atoms with Crippen LogP contribution in [0.25, 0.3) is 0 Å². The van der Waals surface area contributed by atoms with Crippen LogP contribution in [-0.4, -0.2) is 31.2 Å². The van der Waals surface area contributed by atoms with Crippen LogP contribution in [0.4, 0.5) is 5.69 Å². The molecule has 0 aliphatic heterocycles. The van der Waals surface area contributed by atoms with E-state index < -0.39 is 17.0 Å². The highest BCUT2D eigenvalue weighted by molar-refractivity contribution is 5.74. The molecule has 1 rings (SSSR count). The minimum atomic E-state index is -0.844. The van der Waals surface area contributed by atoms with E-state index >= 15 is 0 Å². The standard InChI is InChI=1S/C11H13NO6/c1-7(11(13)17-3)18-8-4-5-10(16-2)9(6-8)12(14)15/h4-7H,1-3H3. The van der Waals surface area contributed by atoms with Crippen molar-refractivity contribution < 1.29 is 23.9 Å². The Labute approximate surface area is 103 Å². The van der Waals surface area contributed by atoms with Crippen molar-refractivity contribution in [3.63, 3.8) is 0 Å². The third-order valence-electron chi connectivity index (χ3n) is 2.19. The molecule has 7 nitrogen and oxygen atoms in total. The predicted molar refractivity (Wildman–Crippen MR) is 61.8 cm³/mol. The molecule has 0 bridgehead atoms. The van der Waals surface area contributed by atoms with Crippen LogP contribution in [-0.2, 0) is 9.53 Å². The largest absolute Gasteiger partial charge is 0.490 e. The summed E-state index contributed by atoms with van der Waals surface area (Å²) in [7, 11) is 2.57. The lowest BCUT2D eigenvalue weighted by Crippen LogP contribution is -2.24. The van der Waals surface area contributed by atoms with Gasteiger partial charge in [-0.15, -0.1) is 0 Å². The highest BCUT2D eigenvalue weighted by Gasteiger charge is 2.19. The molecule has 0 heterocycles. The average molecular weight is 255 g/mol. The van der Waals surface area contributed by atoms with Crippen molar-refractivity contribution in [3.05, 3.63) is 28.3 Å². The number of hydrogen-bond acceptors (Lipinski definition) is 6. The molecule has 0 aromatic heterocycles. The second-order valence-corrected chi connectivity index (χ2v) is 3.37. The Balaban J connectivity index is 2.95. The number of nitrogens with zero attached hydrogens (tertiary/aromatic N) is 1. The number of carbonyl (C=O) groups is 1. The van der Waals surface area contributed by atoms with E-state index in [1.54, 1.807) is 0 Å². The third-order valence-corrected chi connectivity index (χ3v) is 2.19. The maximum Gasteiger partial charge on any atom is 0.346 e. The summed E-state index contributed by atoms with van der Waals surface area (Å²) in [6.45, 7) is 1.49. The fraction of sp³-hybridized carbons (Fsp3) is 0.364. The van der Waals surface area contributed by atoms with E-state index in [-0.39, 0.29) is 17.2 Å². The van der Waals surface area contributed by atoms with Crippen LogP contribution in [0.3, 0.4) is 0 Å². The molecule has 0 fully saturated rings. The van der Waals surface area contributed by atoms with Gasteiger partial charge in [0.15, 0.2) is 11.9 Å². The monoisotopic (exact) mass is 255 g/mol. The van der Waals surface area contributed by atoms with Gasteiger partial charge in [0.2, 0.25) is 0 Å². The van der Waals surface area contributed by atoms with E-state index in [1.165, 1.54) is 39.3 Å². The lowest BCUT2D eigenvalue weighted by atomic mass is 10.2. The van der Waals surface area contributed by atoms with Crippen molar-refractivity contribution in [2.75, 3.05) is 14.2 Å². The summed E-state index contributed by atoms with van der Waals surface area (Å²) in [6.07, 6.45) is -0.844. The molecule has 98 valence electrons.